The molecule has 0 saturated carbocycles. The van der Waals surface area contributed by atoms with Crippen molar-refractivity contribution >= 4 is 21.8 Å². The van der Waals surface area contributed by atoms with E-state index in [9.17, 15) is 26.3 Å². The number of hydrogen-bond acceptors (Lipinski definition) is 2. The summed E-state index contributed by atoms with van der Waals surface area (Å²) in [4.78, 5) is 0. The van der Waals surface area contributed by atoms with Crippen LogP contribution >= 0.6 is 0 Å². The second-order valence-electron chi connectivity index (χ2n) is 4.66. The molecule has 114 valence electrons. The molecule has 2 aromatic carbocycles. The maximum atomic E-state index is 12.8. The Bertz CT molecular complexity index is 867. The minimum atomic E-state index is -4.56. The van der Waals surface area contributed by atoms with E-state index in [0.717, 1.165) is 36.4 Å². The predicted molar refractivity (Wildman–Crippen MR) is 67.0 cm³/mol. The molecule has 3 rings (SSSR count). The van der Waals surface area contributed by atoms with Crippen LogP contribution < -0.4 is 0 Å². The lowest BCUT2D eigenvalue weighted by Crippen LogP contribution is -2.06. The summed E-state index contributed by atoms with van der Waals surface area (Å²) in [6.45, 7) is 0. The molecule has 2 nitrogen and oxygen atoms in total. The highest BCUT2D eigenvalue weighted by Gasteiger charge is 2.32. The highest BCUT2D eigenvalue weighted by molar-refractivity contribution is 6.03. The van der Waals surface area contributed by atoms with Crippen molar-refractivity contribution in [3.05, 3.63) is 47.5 Å². The third-order valence-electron chi connectivity index (χ3n) is 3.20. The van der Waals surface area contributed by atoms with Gasteiger partial charge >= 0.3 is 12.4 Å². The molecule has 0 atom stereocenters. The van der Waals surface area contributed by atoms with Gasteiger partial charge < -0.3 is 0 Å². The Morgan fingerprint density at radius 3 is 1.77 bits per heavy atom. The zero-order valence-electron chi connectivity index (χ0n) is 10.6. The summed E-state index contributed by atoms with van der Waals surface area (Å²) in [6.07, 6.45) is -9.10. The molecule has 1 heterocycles. The second-order valence-corrected chi connectivity index (χ2v) is 4.66. The normalized spacial score (nSPS) is 13.0. The fourth-order valence-corrected chi connectivity index (χ4v) is 2.14. The van der Waals surface area contributed by atoms with Crippen LogP contribution in [0.2, 0.25) is 0 Å². The van der Waals surface area contributed by atoms with Crippen LogP contribution in [0.4, 0.5) is 26.3 Å². The van der Waals surface area contributed by atoms with E-state index in [2.05, 4.69) is 10.2 Å². The summed E-state index contributed by atoms with van der Waals surface area (Å²) in [5.41, 5.74) is -1.75. The Morgan fingerprint density at radius 1 is 0.591 bits per heavy atom. The van der Waals surface area contributed by atoms with Gasteiger partial charge in [0.25, 0.3) is 0 Å². The fraction of sp³-hybridized carbons (Fsp3) is 0.143. The molecule has 3 aromatic rings. The third-order valence-corrected chi connectivity index (χ3v) is 3.20. The summed E-state index contributed by atoms with van der Waals surface area (Å²) in [5.74, 6) is 0. The molecule has 1 aromatic heterocycles. The monoisotopic (exact) mass is 316 g/mol. The van der Waals surface area contributed by atoms with Crippen LogP contribution in [0.5, 0.6) is 0 Å². The molecule has 0 bridgehead atoms. The van der Waals surface area contributed by atoms with E-state index in [0.29, 0.717) is 0 Å². The van der Waals surface area contributed by atoms with Crippen LogP contribution in [0.3, 0.4) is 0 Å². The first-order valence-electron chi connectivity index (χ1n) is 6.01. The molecule has 0 aliphatic heterocycles. The van der Waals surface area contributed by atoms with Crippen molar-refractivity contribution in [1.82, 2.24) is 10.2 Å². The van der Waals surface area contributed by atoms with Crippen molar-refractivity contribution in [2.45, 2.75) is 12.4 Å². The fourth-order valence-electron chi connectivity index (χ4n) is 2.14. The van der Waals surface area contributed by atoms with E-state index in [1.165, 1.54) is 0 Å². The topological polar surface area (TPSA) is 25.8 Å². The van der Waals surface area contributed by atoms with E-state index in [-0.39, 0.29) is 21.8 Å². The van der Waals surface area contributed by atoms with E-state index in [4.69, 9.17) is 0 Å². The molecule has 22 heavy (non-hydrogen) atoms. The molecular formula is C14H6F6N2. The minimum Gasteiger partial charge on any atom is -0.166 e. The van der Waals surface area contributed by atoms with Gasteiger partial charge in [-0.15, -0.1) is 10.2 Å². The van der Waals surface area contributed by atoms with Crippen LogP contribution in [0, 0.1) is 0 Å². The minimum absolute atomic E-state index is 0.105. The Balaban J connectivity index is 2.30. The average Bonchev–Trinajstić information content (AvgIpc) is 2.44. The molecule has 0 radical (unpaired) electrons. The number of rotatable bonds is 0. The van der Waals surface area contributed by atoms with Gasteiger partial charge in [0.2, 0.25) is 0 Å². The predicted octanol–water partition coefficient (Wildman–Crippen LogP) is 4.82. The van der Waals surface area contributed by atoms with Crippen molar-refractivity contribution in [3.8, 4) is 0 Å². The number of aromatic nitrogens is 2. The first kappa shape index (κ1) is 14.6. The number of benzene rings is 2. The molecular weight excluding hydrogens is 310 g/mol. The van der Waals surface area contributed by atoms with E-state index in [1.807, 2.05) is 0 Å². The molecule has 0 saturated heterocycles. The van der Waals surface area contributed by atoms with Crippen LogP contribution in [0.1, 0.15) is 11.1 Å². The van der Waals surface area contributed by atoms with Gasteiger partial charge in [-0.2, -0.15) is 26.3 Å². The number of fused-ring (bicyclic) bond motifs is 3. The Kier molecular flexibility index (Phi) is 3.01. The molecule has 0 fully saturated rings. The number of alkyl halides is 6. The van der Waals surface area contributed by atoms with Gasteiger partial charge in [-0.05, 0) is 30.3 Å². The third kappa shape index (κ3) is 2.44. The number of hydrogen-bond donors (Lipinski definition) is 0. The van der Waals surface area contributed by atoms with Gasteiger partial charge in [0, 0.05) is 10.8 Å². The van der Waals surface area contributed by atoms with Gasteiger partial charge in [-0.25, -0.2) is 0 Å². The molecule has 0 spiro atoms. The lowest BCUT2D eigenvalue weighted by atomic mass is 10.0. The smallest absolute Gasteiger partial charge is 0.166 e. The van der Waals surface area contributed by atoms with Gasteiger partial charge in [0.05, 0.1) is 22.2 Å². The summed E-state index contributed by atoms with van der Waals surface area (Å²) >= 11 is 0. The summed E-state index contributed by atoms with van der Waals surface area (Å²) in [7, 11) is 0. The maximum absolute atomic E-state index is 12.8. The van der Waals surface area contributed by atoms with E-state index in [1.54, 1.807) is 0 Å². The number of halogens is 6. The van der Waals surface area contributed by atoms with Gasteiger partial charge in [-0.3, -0.25) is 0 Å². The van der Waals surface area contributed by atoms with Crippen LogP contribution in [-0.4, -0.2) is 10.2 Å². The van der Waals surface area contributed by atoms with Crippen LogP contribution in [0.25, 0.3) is 21.8 Å². The quantitative estimate of drug-likeness (QED) is 0.439. The van der Waals surface area contributed by atoms with Crippen molar-refractivity contribution in [2.24, 2.45) is 0 Å². The average molecular weight is 316 g/mol. The molecule has 0 aliphatic rings. The first-order valence-corrected chi connectivity index (χ1v) is 6.01. The van der Waals surface area contributed by atoms with Gasteiger partial charge in [0.15, 0.2) is 0 Å². The largest absolute Gasteiger partial charge is 0.416 e. The van der Waals surface area contributed by atoms with Gasteiger partial charge in [-0.1, -0.05) is 6.07 Å². The van der Waals surface area contributed by atoms with E-state index >= 15 is 0 Å². The highest BCUT2D eigenvalue weighted by Crippen LogP contribution is 2.35. The summed E-state index contributed by atoms with van der Waals surface area (Å²) in [6, 6.07) is 5.54. The first-order chi connectivity index (χ1) is 10.2. The van der Waals surface area contributed by atoms with Crippen LogP contribution in [0.15, 0.2) is 36.4 Å². The molecule has 0 amide bonds. The van der Waals surface area contributed by atoms with Crippen molar-refractivity contribution < 1.29 is 26.3 Å². The second kappa shape index (κ2) is 4.56. The standard InChI is InChI=1S/C14H6F6N2/c15-13(16,17)7-2-4-11-10(5-7)9-3-1-8(14(18,19)20)6-12(9)22-21-11/h1-6H. The Morgan fingerprint density at radius 2 is 1.14 bits per heavy atom. The SMILES string of the molecule is FC(F)(F)c1ccc2c(c1)nnc1ccc(C(F)(F)F)cc12. The van der Waals surface area contributed by atoms with Crippen molar-refractivity contribution in [3.63, 3.8) is 0 Å². The molecule has 8 heteroatoms. The summed E-state index contributed by atoms with van der Waals surface area (Å²) in [5, 5.41) is 7.60. The van der Waals surface area contributed by atoms with Crippen molar-refractivity contribution in [2.75, 3.05) is 0 Å². The Hall–Kier alpha value is -2.38. The molecule has 0 unspecified atom stereocenters. The maximum Gasteiger partial charge on any atom is 0.416 e. The zero-order valence-corrected chi connectivity index (χ0v) is 10.6. The van der Waals surface area contributed by atoms with Gasteiger partial charge in [0.1, 0.15) is 0 Å². The van der Waals surface area contributed by atoms with Crippen LogP contribution in [-0.2, 0) is 12.4 Å². The lowest BCUT2D eigenvalue weighted by Gasteiger charge is -2.10. The zero-order chi connectivity index (χ0) is 16.1. The molecule has 0 N–H and O–H groups in total. The summed E-state index contributed by atoms with van der Waals surface area (Å²) < 4.78 is 76.2. The molecule has 0 aliphatic carbocycles. The highest BCUT2D eigenvalue weighted by atomic mass is 19.4. The lowest BCUT2D eigenvalue weighted by molar-refractivity contribution is -0.138. The Labute approximate surface area is 119 Å². The number of nitrogens with zero attached hydrogens (tertiary/aromatic N) is 2. The van der Waals surface area contributed by atoms with Crippen molar-refractivity contribution in [1.29, 1.82) is 0 Å². The van der Waals surface area contributed by atoms with E-state index < -0.39 is 23.5 Å².